The van der Waals surface area contributed by atoms with E-state index in [1.165, 1.54) is 12.1 Å². The summed E-state index contributed by atoms with van der Waals surface area (Å²) in [5.41, 5.74) is 1.79. The van der Waals surface area contributed by atoms with Gasteiger partial charge in [-0.3, -0.25) is 4.79 Å². The highest BCUT2D eigenvalue weighted by atomic mass is 35.5. The molecule has 0 aliphatic rings. The van der Waals surface area contributed by atoms with Crippen molar-refractivity contribution in [1.82, 2.24) is 0 Å². The Bertz CT molecular complexity index is 875. The highest BCUT2D eigenvalue weighted by molar-refractivity contribution is 7.89. The van der Waals surface area contributed by atoms with Crippen molar-refractivity contribution in [3.05, 3.63) is 64.7 Å². The van der Waals surface area contributed by atoms with Crippen LogP contribution in [0.4, 0.5) is 5.69 Å². The highest BCUT2D eigenvalue weighted by Crippen LogP contribution is 2.20. The first-order chi connectivity index (χ1) is 11.3. The van der Waals surface area contributed by atoms with Gasteiger partial charge in [-0.15, -0.1) is 0 Å². The minimum atomic E-state index is -3.85. The molecule has 2 aromatic rings. The zero-order valence-electron chi connectivity index (χ0n) is 13.0. The molecule has 0 fully saturated rings. The molecule has 126 valence electrons. The molecule has 2 aromatic carbocycles. The second-order valence-corrected chi connectivity index (χ2v) is 7.06. The van der Waals surface area contributed by atoms with Crippen molar-refractivity contribution in [1.29, 1.82) is 0 Å². The minimum absolute atomic E-state index is 0.0180. The van der Waals surface area contributed by atoms with Crippen LogP contribution in [0.2, 0.25) is 5.02 Å². The predicted molar refractivity (Wildman–Crippen MR) is 96.3 cm³/mol. The topological polar surface area (TPSA) is 89.3 Å². The molecule has 7 heteroatoms. The number of carbonyl (C=O) groups is 1. The standard InChI is InChI=1S/C17H17ClN2O3S/c1-2-13-6-9-15(11-16(13)24(19,22)23)20-17(21)10-5-12-3-7-14(18)8-4-12/h3-11H,2H2,1H3,(H,20,21)(H2,19,22,23)/b10-5+. The van der Waals surface area contributed by atoms with E-state index in [1.54, 1.807) is 42.5 Å². The molecule has 0 unspecified atom stereocenters. The van der Waals surface area contributed by atoms with Crippen LogP contribution in [0.3, 0.4) is 0 Å². The summed E-state index contributed by atoms with van der Waals surface area (Å²) in [7, 11) is -3.85. The number of anilines is 1. The van der Waals surface area contributed by atoms with Gasteiger partial charge in [-0.05, 0) is 47.9 Å². The van der Waals surface area contributed by atoms with Crippen LogP contribution in [0.5, 0.6) is 0 Å². The van der Waals surface area contributed by atoms with E-state index >= 15 is 0 Å². The number of nitrogens with two attached hydrogens (primary N) is 1. The normalized spacial score (nSPS) is 11.6. The molecule has 0 aromatic heterocycles. The van der Waals surface area contributed by atoms with E-state index in [2.05, 4.69) is 5.32 Å². The van der Waals surface area contributed by atoms with Crippen LogP contribution >= 0.6 is 11.6 Å². The van der Waals surface area contributed by atoms with Crippen molar-refractivity contribution in [3.63, 3.8) is 0 Å². The molecule has 0 heterocycles. The second kappa shape index (κ2) is 7.61. The zero-order chi connectivity index (χ0) is 17.7. The highest BCUT2D eigenvalue weighted by Gasteiger charge is 2.14. The van der Waals surface area contributed by atoms with Gasteiger partial charge in [-0.2, -0.15) is 0 Å². The molecule has 0 aliphatic heterocycles. The Hall–Kier alpha value is -2.15. The molecule has 0 radical (unpaired) electrons. The second-order valence-electron chi connectivity index (χ2n) is 5.10. The largest absolute Gasteiger partial charge is 0.322 e. The minimum Gasteiger partial charge on any atom is -0.322 e. The summed E-state index contributed by atoms with van der Waals surface area (Å²) in [6.45, 7) is 1.83. The van der Waals surface area contributed by atoms with Gasteiger partial charge in [0.05, 0.1) is 4.90 Å². The van der Waals surface area contributed by atoms with Gasteiger partial charge in [-0.1, -0.05) is 36.7 Å². The number of carbonyl (C=O) groups excluding carboxylic acids is 1. The maximum Gasteiger partial charge on any atom is 0.248 e. The van der Waals surface area contributed by atoms with Gasteiger partial charge in [0.25, 0.3) is 0 Å². The summed E-state index contributed by atoms with van der Waals surface area (Å²) < 4.78 is 23.3. The molecule has 2 rings (SSSR count). The fourth-order valence-electron chi connectivity index (χ4n) is 2.12. The lowest BCUT2D eigenvalue weighted by molar-refractivity contribution is -0.111. The number of sulfonamides is 1. The average Bonchev–Trinajstić information content (AvgIpc) is 2.53. The lowest BCUT2D eigenvalue weighted by Crippen LogP contribution is -2.15. The zero-order valence-corrected chi connectivity index (χ0v) is 14.6. The molecule has 0 atom stereocenters. The Balaban J connectivity index is 2.15. The molecule has 24 heavy (non-hydrogen) atoms. The number of hydrogen-bond acceptors (Lipinski definition) is 3. The van der Waals surface area contributed by atoms with Crippen LogP contribution in [0.15, 0.2) is 53.4 Å². The Labute approximate surface area is 146 Å². The molecule has 0 saturated carbocycles. The van der Waals surface area contributed by atoms with E-state index < -0.39 is 10.0 Å². The monoisotopic (exact) mass is 364 g/mol. The number of aryl methyl sites for hydroxylation is 1. The van der Waals surface area contributed by atoms with E-state index in [1.807, 2.05) is 6.92 Å². The van der Waals surface area contributed by atoms with Crippen LogP contribution in [-0.4, -0.2) is 14.3 Å². The summed E-state index contributed by atoms with van der Waals surface area (Å²) in [6.07, 6.45) is 3.51. The third-order valence-corrected chi connectivity index (χ3v) is 4.56. The van der Waals surface area contributed by atoms with E-state index in [0.717, 1.165) is 5.56 Å². The number of nitrogens with one attached hydrogen (secondary N) is 1. The maximum atomic E-state index is 12.0. The Morgan fingerprint density at radius 2 is 1.88 bits per heavy atom. The molecule has 0 bridgehead atoms. The van der Waals surface area contributed by atoms with E-state index in [9.17, 15) is 13.2 Å². The van der Waals surface area contributed by atoms with Gasteiger partial charge in [0.1, 0.15) is 0 Å². The fraction of sp³-hybridized carbons (Fsp3) is 0.118. The van der Waals surface area contributed by atoms with Crippen LogP contribution in [0, 0.1) is 0 Å². The fourth-order valence-corrected chi connectivity index (χ4v) is 3.11. The molecular weight excluding hydrogens is 348 g/mol. The summed E-state index contributed by atoms with van der Waals surface area (Å²) in [5.74, 6) is -0.380. The molecule has 3 N–H and O–H groups in total. The van der Waals surface area contributed by atoms with Gasteiger partial charge in [-0.25, -0.2) is 13.6 Å². The van der Waals surface area contributed by atoms with Crippen LogP contribution < -0.4 is 10.5 Å². The summed E-state index contributed by atoms with van der Waals surface area (Å²) in [6, 6.07) is 11.6. The Morgan fingerprint density at radius 3 is 2.46 bits per heavy atom. The molecule has 0 spiro atoms. The SMILES string of the molecule is CCc1ccc(NC(=O)/C=C/c2ccc(Cl)cc2)cc1S(N)(=O)=O. The van der Waals surface area contributed by atoms with Gasteiger partial charge >= 0.3 is 0 Å². The van der Waals surface area contributed by atoms with E-state index in [-0.39, 0.29) is 10.8 Å². The summed E-state index contributed by atoms with van der Waals surface area (Å²) in [4.78, 5) is 12.0. The molecular formula is C17H17ClN2O3S. The molecule has 0 aliphatic carbocycles. The van der Waals surface area contributed by atoms with Crippen molar-refractivity contribution in [2.45, 2.75) is 18.2 Å². The number of hydrogen-bond donors (Lipinski definition) is 2. The summed E-state index contributed by atoms with van der Waals surface area (Å²) in [5, 5.41) is 8.44. The number of benzene rings is 2. The van der Waals surface area contributed by atoms with Crippen LogP contribution in [-0.2, 0) is 21.2 Å². The third kappa shape index (κ3) is 4.92. The maximum absolute atomic E-state index is 12.0. The van der Waals surface area contributed by atoms with Crippen molar-refractivity contribution >= 4 is 39.3 Å². The summed E-state index contributed by atoms with van der Waals surface area (Å²) >= 11 is 5.80. The van der Waals surface area contributed by atoms with Crippen molar-refractivity contribution in [3.8, 4) is 0 Å². The molecule has 0 saturated heterocycles. The quantitative estimate of drug-likeness (QED) is 0.798. The van der Waals surface area contributed by atoms with E-state index in [0.29, 0.717) is 22.7 Å². The van der Waals surface area contributed by atoms with E-state index in [4.69, 9.17) is 16.7 Å². The first kappa shape index (κ1) is 18.2. The average molecular weight is 365 g/mol. The Kier molecular flexibility index (Phi) is 5.77. The van der Waals surface area contributed by atoms with Crippen LogP contribution in [0.25, 0.3) is 6.08 Å². The molecule has 5 nitrogen and oxygen atoms in total. The third-order valence-electron chi connectivity index (χ3n) is 3.32. The van der Waals surface area contributed by atoms with Gasteiger partial charge in [0.2, 0.25) is 15.9 Å². The lowest BCUT2D eigenvalue weighted by Gasteiger charge is -2.09. The van der Waals surface area contributed by atoms with Crippen molar-refractivity contribution in [2.75, 3.05) is 5.32 Å². The smallest absolute Gasteiger partial charge is 0.248 e. The predicted octanol–water partition coefficient (Wildman–Crippen LogP) is 3.20. The van der Waals surface area contributed by atoms with Crippen molar-refractivity contribution < 1.29 is 13.2 Å². The van der Waals surface area contributed by atoms with Gasteiger partial charge in [0, 0.05) is 16.8 Å². The van der Waals surface area contributed by atoms with Gasteiger partial charge < -0.3 is 5.32 Å². The van der Waals surface area contributed by atoms with Gasteiger partial charge in [0.15, 0.2) is 0 Å². The van der Waals surface area contributed by atoms with Crippen LogP contribution in [0.1, 0.15) is 18.1 Å². The number of primary sulfonamides is 1. The number of rotatable bonds is 5. The number of amides is 1. The molecule has 1 amide bonds. The Morgan fingerprint density at radius 1 is 1.21 bits per heavy atom. The lowest BCUT2D eigenvalue weighted by atomic mass is 10.1. The first-order valence-corrected chi connectivity index (χ1v) is 9.12. The van der Waals surface area contributed by atoms with Crippen molar-refractivity contribution in [2.24, 2.45) is 5.14 Å². The first-order valence-electron chi connectivity index (χ1n) is 7.20. The number of halogens is 1.